The smallest absolute Gasteiger partial charge is 0.228 e. The van der Waals surface area contributed by atoms with Gasteiger partial charge in [-0.25, -0.2) is 4.98 Å². The maximum Gasteiger partial charge on any atom is 0.228 e. The number of halogens is 1. The summed E-state index contributed by atoms with van der Waals surface area (Å²) in [5, 5.41) is 3.50. The number of hydrogen-bond donors (Lipinski definition) is 0. The Bertz CT molecular complexity index is 849. The van der Waals surface area contributed by atoms with Gasteiger partial charge in [0.25, 0.3) is 0 Å². The van der Waals surface area contributed by atoms with E-state index >= 15 is 0 Å². The normalized spacial score (nSPS) is 12.0. The van der Waals surface area contributed by atoms with Gasteiger partial charge in [-0.3, -0.25) is 9.78 Å². The van der Waals surface area contributed by atoms with Gasteiger partial charge < -0.3 is 4.90 Å². The molecule has 0 aliphatic carbocycles. The van der Waals surface area contributed by atoms with Crippen molar-refractivity contribution >= 4 is 28.8 Å². The lowest BCUT2D eigenvalue weighted by Gasteiger charge is -2.25. The number of nitrogens with zero attached hydrogens (tertiary/aromatic N) is 3. The van der Waals surface area contributed by atoms with E-state index in [0.717, 1.165) is 21.8 Å². The highest BCUT2D eigenvalue weighted by Gasteiger charge is 2.19. The molecule has 1 unspecified atom stereocenters. The van der Waals surface area contributed by atoms with E-state index in [-0.39, 0.29) is 18.4 Å². The summed E-state index contributed by atoms with van der Waals surface area (Å²) in [6, 6.07) is 11.4. The van der Waals surface area contributed by atoms with E-state index < -0.39 is 0 Å². The van der Waals surface area contributed by atoms with Crippen LogP contribution in [0.1, 0.15) is 24.2 Å². The number of rotatable bonds is 5. The van der Waals surface area contributed by atoms with Crippen LogP contribution >= 0.6 is 22.9 Å². The Morgan fingerprint density at radius 1 is 1.28 bits per heavy atom. The molecule has 0 aliphatic rings. The summed E-state index contributed by atoms with van der Waals surface area (Å²) < 4.78 is 0. The van der Waals surface area contributed by atoms with Crippen LogP contribution < -0.4 is 0 Å². The molecule has 1 aromatic carbocycles. The first-order valence-electron chi connectivity index (χ1n) is 7.90. The van der Waals surface area contributed by atoms with E-state index in [2.05, 4.69) is 9.97 Å². The van der Waals surface area contributed by atoms with Crippen LogP contribution in [0.5, 0.6) is 0 Å². The SMILES string of the molecule is CC(c1ccc(Cl)cc1)N(C)C(=O)Cc1csc(-c2cccnc2)n1. The van der Waals surface area contributed by atoms with E-state index in [9.17, 15) is 4.79 Å². The van der Waals surface area contributed by atoms with Crippen molar-refractivity contribution in [2.75, 3.05) is 7.05 Å². The zero-order valence-electron chi connectivity index (χ0n) is 14.0. The predicted molar refractivity (Wildman–Crippen MR) is 102 cm³/mol. The second-order valence-electron chi connectivity index (χ2n) is 5.79. The molecule has 3 aromatic rings. The number of thiazole rings is 1. The van der Waals surface area contributed by atoms with Gasteiger partial charge in [0.15, 0.2) is 0 Å². The topological polar surface area (TPSA) is 46.1 Å². The van der Waals surface area contributed by atoms with Crippen molar-refractivity contribution in [2.45, 2.75) is 19.4 Å². The zero-order chi connectivity index (χ0) is 17.8. The Morgan fingerprint density at radius 2 is 2.04 bits per heavy atom. The summed E-state index contributed by atoms with van der Waals surface area (Å²) in [7, 11) is 1.82. The fourth-order valence-electron chi connectivity index (χ4n) is 2.47. The van der Waals surface area contributed by atoms with Gasteiger partial charge in [0.2, 0.25) is 5.91 Å². The fraction of sp³-hybridized carbons (Fsp3) is 0.211. The van der Waals surface area contributed by atoms with Crippen LogP contribution in [-0.4, -0.2) is 27.8 Å². The monoisotopic (exact) mass is 371 g/mol. The summed E-state index contributed by atoms with van der Waals surface area (Å²) in [5.74, 6) is 0.0329. The van der Waals surface area contributed by atoms with E-state index in [1.807, 2.05) is 55.7 Å². The molecule has 6 heteroatoms. The first-order chi connectivity index (χ1) is 12.0. The number of carbonyl (C=O) groups is 1. The largest absolute Gasteiger partial charge is 0.339 e. The number of likely N-dealkylation sites (N-methyl/N-ethyl adjacent to an activating group) is 1. The number of pyridine rings is 1. The maximum atomic E-state index is 12.6. The van der Waals surface area contributed by atoms with Crippen molar-refractivity contribution < 1.29 is 4.79 Å². The molecule has 4 nitrogen and oxygen atoms in total. The van der Waals surface area contributed by atoms with Gasteiger partial charge in [0.1, 0.15) is 5.01 Å². The second kappa shape index (κ2) is 7.76. The van der Waals surface area contributed by atoms with Crippen LogP contribution in [0.4, 0.5) is 0 Å². The Hall–Kier alpha value is -2.24. The van der Waals surface area contributed by atoms with Gasteiger partial charge in [-0.15, -0.1) is 11.3 Å². The molecule has 0 fully saturated rings. The molecule has 2 heterocycles. The van der Waals surface area contributed by atoms with Gasteiger partial charge in [-0.05, 0) is 36.8 Å². The molecule has 1 amide bonds. The van der Waals surface area contributed by atoms with Gasteiger partial charge in [-0.2, -0.15) is 0 Å². The quantitative estimate of drug-likeness (QED) is 0.657. The van der Waals surface area contributed by atoms with Gasteiger partial charge in [0.05, 0.1) is 18.2 Å². The number of aromatic nitrogens is 2. The molecule has 25 heavy (non-hydrogen) atoms. The van der Waals surface area contributed by atoms with Crippen molar-refractivity contribution in [2.24, 2.45) is 0 Å². The summed E-state index contributed by atoms with van der Waals surface area (Å²) in [4.78, 5) is 23.0. The molecule has 0 saturated heterocycles. The standard InChI is InChI=1S/C19H18ClN3OS/c1-13(14-5-7-16(20)8-6-14)23(2)18(24)10-17-12-25-19(22-17)15-4-3-9-21-11-15/h3-9,11-13H,10H2,1-2H3. The second-order valence-corrected chi connectivity index (χ2v) is 7.09. The van der Waals surface area contributed by atoms with E-state index in [1.165, 1.54) is 11.3 Å². The Kier molecular flexibility index (Phi) is 5.46. The van der Waals surface area contributed by atoms with Crippen molar-refractivity contribution in [1.29, 1.82) is 0 Å². The molecule has 0 saturated carbocycles. The molecular formula is C19H18ClN3OS. The average molecular weight is 372 g/mol. The maximum absolute atomic E-state index is 12.6. The minimum absolute atomic E-state index is 0.0267. The minimum atomic E-state index is -0.0267. The molecule has 0 radical (unpaired) electrons. The highest BCUT2D eigenvalue weighted by Crippen LogP contribution is 2.24. The molecule has 0 bridgehead atoms. The Morgan fingerprint density at radius 3 is 2.72 bits per heavy atom. The van der Waals surface area contributed by atoms with Crippen molar-refractivity contribution in [3.63, 3.8) is 0 Å². The summed E-state index contributed by atoms with van der Waals surface area (Å²) in [6.07, 6.45) is 3.79. The molecule has 1 atom stereocenters. The average Bonchev–Trinajstić information content (AvgIpc) is 3.10. The molecule has 0 aliphatic heterocycles. The minimum Gasteiger partial charge on any atom is -0.339 e. The van der Waals surface area contributed by atoms with Crippen LogP contribution in [0.3, 0.4) is 0 Å². The van der Waals surface area contributed by atoms with E-state index in [1.54, 1.807) is 17.3 Å². The number of hydrogen-bond acceptors (Lipinski definition) is 4. The van der Waals surface area contributed by atoms with Crippen LogP contribution in [0.2, 0.25) is 5.02 Å². The highest BCUT2D eigenvalue weighted by atomic mass is 35.5. The van der Waals surface area contributed by atoms with Gasteiger partial charge in [0, 0.05) is 35.4 Å². The van der Waals surface area contributed by atoms with Crippen molar-refractivity contribution in [3.05, 3.63) is 70.5 Å². The predicted octanol–water partition coefficient (Wildman–Crippen LogP) is 4.62. The van der Waals surface area contributed by atoms with E-state index in [0.29, 0.717) is 5.02 Å². The lowest BCUT2D eigenvalue weighted by molar-refractivity contribution is -0.131. The van der Waals surface area contributed by atoms with Crippen LogP contribution in [0.25, 0.3) is 10.6 Å². The van der Waals surface area contributed by atoms with Crippen molar-refractivity contribution in [3.8, 4) is 10.6 Å². The Labute approximate surface area is 156 Å². The number of amides is 1. The molecule has 3 rings (SSSR count). The lowest BCUT2D eigenvalue weighted by atomic mass is 10.1. The third-order valence-electron chi connectivity index (χ3n) is 4.12. The van der Waals surface area contributed by atoms with E-state index in [4.69, 9.17) is 11.6 Å². The molecule has 0 spiro atoms. The van der Waals surface area contributed by atoms with Gasteiger partial charge in [-0.1, -0.05) is 23.7 Å². The first-order valence-corrected chi connectivity index (χ1v) is 9.16. The molecule has 128 valence electrons. The molecular weight excluding hydrogens is 354 g/mol. The highest BCUT2D eigenvalue weighted by molar-refractivity contribution is 7.13. The Balaban J connectivity index is 1.67. The molecule has 0 N–H and O–H groups in total. The summed E-state index contributed by atoms with van der Waals surface area (Å²) in [5.41, 5.74) is 2.80. The van der Waals surface area contributed by atoms with Crippen LogP contribution in [-0.2, 0) is 11.2 Å². The third kappa shape index (κ3) is 4.24. The summed E-state index contributed by atoms with van der Waals surface area (Å²) >= 11 is 7.45. The summed E-state index contributed by atoms with van der Waals surface area (Å²) in [6.45, 7) is 2.00. The molecule has 2 aromatic heterocycles. The van der Waals surface area contributed by atoms with Gasteiger partial charge >= 0.3 is 0 Å². The van der Waals surface area contributed by atoms with Crippen LogP contribution in [0, 0.1) is 0 Å². The third-order valence-corrected chi connectivity index (χ3v) is 5.31. The fourth-order valence-corrected chi connectivity index (χ4v) is 3.41. The number of benzene rings is 1. The zero-order valence-corrected chi connectivity index (χ0v) is 15.6. The number of carbonyl (C=O) groups excluding carboxylic acids is 1. The first kappa shape index (κ1) is 17.6. The van der Waals surface area contributed by atoms with Crippen molar-refractivity contribution in [1.82, 2.24) is 14.9 Å². The van der Waals surface area contributed by atoms with Crippen LogP contribution in [0.15, 0.2) is 54.2 Å². The lowest BCUT2D eigenvalue weighted by Crippen LogP contribution is -2.31.